The number of nitrogens with one attached hydrogen (secondary N) is 1. The van der Waals surface area contributed by atoms with Gasteiger partial charge in [-0.3, -0.25) is 14.3 Å². The van der Waals surface area contributed by atoms with Gasteiger partial charge in [-0.1, -0.05) is 28.4 Å². The Bertz CT molecular complexity index is 1100. The Morgan fingerprint density at radius 1 is 1.13 bits per heavy atom. The molecule has 0 unspecified atom stereocenters. The molecule has 1 fully saturated rings. The fourth-order valence-electron chi connectivity index (χ4n) is 3.41. The average Bonchev–Trinajstić information content (AvgIpc) is 3.35. The van der Waals surface area contributed by atoms with Crippen LogP contribution in [0.5, 0.6) is 0 Å². The average molecular weight is 448 g/mol. The van der Waals surface area contributed by atoms with Crippen LogP contribution in [0.25, 0.3) is 11.3 Å². The van der Waals surface area contributed by atoms with Crippen LogP contribution in [0.15, 0.2) is 35.0 Å². The largest absolute Gasteiger partial charge is 0.355 e. The maximum Gasteiger partial charge on any atom is 0.277 e. The van der Waals surface area contributed by atoms with Crippen LogP contribution in [-0.2, 0) is 7.05 Å². The summed E-state index contributed by atoms with van der Waals surface area (Å²) in [4.78, 5) is 27.4. The number of anilines is 1. The molecule has 10 heteroatoms. The summed E-state index contributed by atoms with van der Waals surface area (Å²) in [7, 11) is 1.67. The molecule has 0 radical (unpaired) electrons. The number of aryl methyl sites for hydroxylation is 1. The molecule has 0 spiro atoms. The molecular weight excluding hydrogens is 429 g/mol. The van der Waals surface area contributed by atoms with Crippen molar-refractivity contribution >= 4 is 40.7 Å². The maximum absolute atomic E-state index is 12.9. The first-order valence-corrected chi connectivity index (χ1v) is 10.2. The number of aromatic nitrogens is 3. The van der Waals surface area contributed by atoms with Gasteiger partial charge in [0.05, 0.1) is 16.9 Å². The van der Waals surface area contributed by atoms with Crippen LogP contribution in [0.2, 0.25) is 10.0 Å². The molecule has 0 saturated carbocycles. The summed E-state index contributed by atoms with van der Waals surface area (Å²) in [5, 5.41) is 11.5. The third-order valence-corrected chi connectivity index (χ3v) is 5.52. The van der Waals surface area contributed by atoms with Crippen LogP contribution >= 0.6 is 23.2 Å². The number of hydrogen-bond donors (Lipinski definition) is 1. The van der Waals surface area contributed by atoms with E-state index in [0.717, 1.165) is 19.3 Å². The van der Waals surface area contributed by atoms with Crippen molar-refractivity contribution in [1.82, 2.24) is 19.8 Å². The van der Waals surface area contributed by atoms with Crippen LogP contribution in [-0.4, -0.2) is 44.7 Å². The standard InChI is InChI=1S/C20H19Cl2N5O3/c1-26-18(20(29)27-7-3-2-4-8-27)16(11-23-26)24-19(28)15-10-17(30-25-15)13-6-5-12(21)9-14(13)22/h5-6,9-11H,2-4,7-8H2,1H3,(H,24,28). The Hall–Kier alpha value is -2.84. The smallest absolute Gasteiger partial charge is 0.277 e. The summed E-state index contributed by atoms with van der Waals surface area (Å²) in [6.45, 7) is 1.40. The van der Waals surface area contributed by atoms with Crippen LogP contribution in [0.1, 0.15) is 40.2 Å². The van der Waals surface area contributed by atoms with E-state index < -0.39 is 5.91 Å². The van der Waals surface area contributed by atoms with Crippen molar-refractivity contribution in [3.8, 4) is 11.3 Å². The van der Waals surface area contributed by atoms with Gasteiger partial charge in [0.25, 0.3) is 11.8 Å². The lowest BCUT2D eigenvalue weighted by atomic mass is 10.1. The fourth-order valence-corrected chi connectivity index (χ4v) is 3.92. The number of amides is 2. The zero-order chi connectivity index (χ0) is 21.3. The Labute approximate surface area is 182 Å². The first-order valence-electron chi connectivity index (χ1n) is 9.49. The number of carbonyl (C=O) groups is 2. The quantitative estimate of drug-likeness (QED) is 0.644. The van der Waals surface area contributed by atoms with Gasteiger partial charge in [-0.05, 0) is 37.5 Å². The van der Waals surface area contributed by atoms with E-state index >= 15 is 0 Å². The highest BCUT2D eigenvalue weighted by atomic mass is 35.5. The summed E-state index contributed by atoms with van der Waals surface area (Å²) >= 11 is 12.1. The summed E-state index contributed by atoms with van der Waals surface area (Å²) in [5.41, 5.74) is 1.27. The van der Waals surface area contributed by atoms with Gasteiger partial charge in [-0.2, -0.15) is 5.10 Å². The number of piperidine rings is 1. The number of rotatable bonds is 4. The molecule has 0 aliphatic carbocycles. The van der Waals surface area contributed by atoms with E-state index in [2.05, 4.69) is 15.6 Å². The topological polar surface area (TPSA) is 93.3 Å². The van der Waals surface area contributed by atoms with Gasteiger partial charge in [0.2, 0.25) is 0 Å². The van der Waals surface area contributed by atoms with E-state index in [9.17, 15) is 9.59 Å². The SMILES string of the molecule is Cn1ncc(NC(=O)c2cc(-c3ccc(Cl)cc3Cl)on2)c1C(=O)N1CCCCC1. The molecule has 1 saturated heterocycles. The zero-order valence-electron chi connectivity index (χ0n) is 16.2. The Morgan fingerprint density at radius 2 is 1.90 bits per heavy atom. The van der Waals surface area contributed by atoms with Crippen molar-refractivity contribution in [1.29, 1.82) is 0 Å². The second-order valence-corrected chi connectivity index (χ2v) is 7.88. The molecule has 8 nitrogen and oxygen atoms in total. The molecule has 3 heterocycles. The first-order chi connectivity index (χ1) is 14.4. The van der Waals surface area contributed by atoms with E-state index in [4.69, 9.17) is 27.7 Å². The van der Waals surface area contributed by atoms with Crippen LogP contribution in [0, 0.1) is 0 Å². The number of likely N-dealkylation sites (tertiary alicyclic amines) is 1. The van der Waals surface area contributed by atoms with Crippen molar-refractivity contribution in [2.75, 3.05) is 18.4 Å². The van der Waals surface area contributed by atoms with Crippen LogP contribution in [0.3, 0.4) is 0 Å². The van der Waals surface area contributed by atoms with E-state index in [1.165, 1.54) is 16.9 Å². The minimum absolute atomic E-state index is 0.0521. The molecule has 1 aromatic carbocycles. The lowest BCUT2D eigenvalue weighted by Crippen LogP contribution is -2.37. The van der Waals surface area contributed by atoms with Gasteiger partial charge < -0.3 is 14.7 Å². The van der Waals surface area contributed by atoms with Crippen molar-refractivity contribution in [2.24, 2.45) is 7.05 Å². The Morgan fingerprint density at radius 3 is 2.63 bits per heavy atom. The summed E-state index contributed by atoms with van der Waals surface area (Å²) in [6.07, 6.45) is 4.51. The number of hydrogen-bond acceptors (Lipinski definition) is 5. The minimum Gasteiger partial charge on any atom is -0.355 e. The minimum atomic E-state index is -0.518. The van der Waals surface area contributed by atoms with Crippen molar-refractivity contribution in [2.45, 2.75) is 19.3 Å². The lowest BCUT2D eigenvalue weighted by molar-refractivity contribution is 0.0714. The molecule has 1 aliphatic rings. The van der Waals surface area contributed by atoms with E-state index in [1.807, 2.05) is 0 Å². The van der Waals surface area contributed by atoms with Crippen molar-refractivity contribution in [3.05, 3.63) is 51.9 Å². The number of nitrogens with zero attached hydrogens (tertiary/aromatic N) is 4. The maximum atomic E-state index is 12.9. The predicted octanol–water partition coefficient (Wildman–Crippen LogP) is 4.26. The monoisotopic (exact) mass is 447 g/mol. The molecule has 1 N–H and O–H groups in total. The van der Waals surface area contributed by atoms with Crippen molar-refractivity contribution < 1.29 is 14.1 Å². The van der Waals surface area contributed by atoms with Gasteiger partial charge in [-0.25, -0.2) is 0 Å². The van der Waals surface area contributed by atoms with Gasteiger partial charge in [0.1, 0.15) is 5.69 Å². The summed E-state index contributed by atoms with van der Waals surface area (Å²) in [6, 6.07) is 6.41. The molecular formula is C20H19Cl2N5O3. The molecule has 3 aromatic rings. The second kappa shape index (κ2) is 8.49. The Kier molecular flexibility index (Phi) is 5.78. The molecule has 156 valence electrons. The number of benzene rings is 1. The van der Waals surface area contributed by atoms with E-state index in [0.29, 0.717) is 45.8 Å². The molecule has 0 bridgehead atoms. The van der Waals surface area contributed by atoms with Crippen LogP contribution < -0.4 is 5.32 Å². The molecule has 30 heavy (non-hydrogen) atoms. The lowest BCUT2D eigenvalue weighted by Gasteiger charge is -2.26. The normalized spacial score (nSPS) is 14.0. The van der Waals surface area contributed by atoms with Crippen molar-refractivity contribution in [3.63, 3.8) is 0 Å². The van der Waals surface area contributed by atoms with Gasteiger partial charge in [0, 0.05) is 36.8 Å². The number of carbonyl (C=O) groups excluding carboxylic acids is 2. The molecule has 4 rings (SSSR count). The molecule has 1 aliphatic heterocycles. The molecule has 2 aromatic heterocycles. The summed E-state index contributed by atoms with van der Waals surface area (Å²) in [5.74, 6) is -0.341. The highest BCUT2D eigenvalue weighted by molar-refractivity contribution is 6.36. The Balaban J connectivity index is 1.54. The van der Waals surface area contributed by atoms with Gasteiger partial charge in [0.15, 0.2) is 11.5 Å². The van der Waals surface area contributed by atoms with Crippen LogP contribution in [0.4, 0.5) is 5.69 Å². The summed E-state index contributed by atoms with van der Waals surface area (Å²) < 4.78 is 6.74. The first kappa shape index (κ1) is 20.4. The highest BCUT2D eigenvalue weighted by Gasteiger charge is 2.26. The third-order valence-electron chi connectivity index (χ3n) is 4.97. The molecule has 2 amide bonds. The number of halogens is 2. The van der Waals surface area contributed by atoms with E-state index in [1.54, 1.807) is 30.1 Å². The second-order valence-electron chi connectivity index (χ2n) is 7.04. The zero-order valence-corrected chi connectivity index (χ0v) is 17.7. The molecule has 0 atom stereocenters. The van der Waals surface area contributed by atoms with Gasteiger partial charge in [-0.15, -0.1) is 0 Å². The third kappa shape index (κ3) is 4.06. The van der Waals surface area contributed by atoms with E-state index in [-0.39, 0.29) is 11.6 Å². The van der Waals surface area contributed by atoms with Gasteiger partial charge >= 0.3 is 0 Å². The highest BCUT2D eigenvalue weighted by Crippen LogP contribution is 2.31. The predicted molar refractivity (Wildman–Crippen MR) is 113 cm³/mol. The fraction of sp³-hybridized carbons (Fsp3) is 0.300.